The van der Waals surface area contributed by atoms with Gasteiger partial charge in [0.15, 0.2) is 5.82 Å². The van der Waals surface area contributed by atoms with E-state index in [0.717, 1.165) is 49.6 Å². The predicted octanol–water partition coefficient (Wildman–Crippen LogP) is 2.12. The Hall–Kier alpha value is -1.77. The minimum atomic E-state index is 0.523. The molecule has 8 heteroatoms. The summed E-state index contributed by atoms with van der Waals surface area (Å²) in [5.41, 5.74) is 0.937. The Morgan fingerprint density at radius 1 is 1.22 bits per heavy atom. The molecule has 0 amide bonds. The van der Waals surface area contributed by atoms with E-state index in [0.29, 0.717) is 11.8 Å². The number of benzene rings is 1. The fraction of sp³-hybridized carbons (Fsp3) is 0.400. The number of nitrogens with one attached hydrogen (secondary N) is 2. The molecule has 1 saturated heterocycles. The van der Waals surface area contributed by atoms with Crippen LogP contribution in [0.4, 0.5) is 17.5 Å². The quantitative estimate of drug-likeness (QED) is 0.796. The molecule has 7 nitrogen and oxygen atoms in total. The Bertz CT molecular complexity index is 635. The molecule has 2 N–H and O–H groups in total. The highest BCUT2D eigenvalue weighted by atomic mass is 79.9. The van der Waals surface area contributed by atoms with Crippen LogP contribution in [0.15, 0.2) is 34.9 Å². The SMILES string of the molecule is Brc1ccccc1Nc1cnnc(NCCN2CCOCC2)n1. The molecule has 122 valence electrons. The van der Waals surface area contributed by atoms with Gasteiger partial charge in [0, 0.05) is 30.7 Å². The lowest BCUT2D eigenvalue weighted by Crippen LogP contribution is -2.39. The molecule has 2 aromatic rings. The van der Waals surface area contributed by atoms with Crippen molar-refractivity contribution in [1.82, 2.24) is 20.1 Å². The first kappa shape index (κ1) is 16.1. The van der Waals surface area contributed by atoms with Gasteiger partial charge >= 0.3 is 0 Å². The number of anilines is 3. The van der Waals surface area contributed by atoms with E-state index in [1.165, 1.54) is 0 Å². The van der Waals surface area contributed by atoms with Crippen molar-refractivity contribution in [2.45, 2.75) is 0 Å². The largest absolute Gasteiger partial charge is 0.379 e. The van der Waals surface area contributed by atoms with Crippen LogP contribution in [0.3, 0.4) is 0 Å². The van der Waals surface area contributed by atoms with Gasteiger partial charge in [-0.25, -0.2) is 0 Å². The molecule has 0 bridgehead atoms. The molecule has 1 aromatic heterocycles. The number of hydrogen-bond acceptors (Lipinski definition) is 7. The van der Waals surface area contributed by atoms with Crippen LogP contribution in [0.1, 0.15) is 0 Å². The number of ether oxygens (including phenoxy) is 1. The molecule has 1 aliphatic rings. The molecule has 1 fully saturated rings. The third-order valence-corrected chi connectivity index (χ3v) is 4.20. The molecule has 3 rings (SSSR count). The number of hydrogen-bond donors (Lipinski definition) is 2. The van der Waals surface area contributed by atoms with Gasteiger partial charge in [-0.05, 0) is 28.1 Å². The van der Waals surface area contributed by atoms with Crippen LogP contribution in [0.2, 0.25) is 0 Å². The fourth-order valence-corrected chi connectivity index (χ4v) is 2.67. The Balaban J connectivity index is 1.53. The summed E-state index contributed by atoms with van der Waals surface area (Å²) in [5.74, 6) is 1.18. The second-order valence-electron chi connectivity index (χ2n) is 5.15. The third kappa shape index (κ3) is 4.85. The minimum absolute atomic E-state index is 0.523. The summed E-state index contributed by atoms with van der Waals surface area (Å²) in [7, 11) is 0. The van der Waals surface area contributed by atoms with E-state index < -0.39 is 0 Å². The first-order valence-corrected chi connectivity index (χ1v) is 8.36. The molecule has 2 heterocycles. The molecular formula is C15H19BrN6O. The number of aromatic nitrogens is 3. The van der Waals surface area contributed by atoms with Crippen LogP contribution in [0, 0.1) is 0 Å². The Morgan fingerprint density at radius 2 is 2.04 bits per heavy atom. The van der Waals surface area contributed by atoms with Crippen molar-refractivity contribution >= 4 is 33.4 Å². The van der Waals surface area contributed by atoms with E-state index in [-0.39, 0.29) is 0 Å². The first-order chi connectivity index (χ1) is 11.3. The summed E-state index contributed by atoms with van der Waals surface area (Å²) in [5, 5.41) is 14.4. The maximum absolute atomic E-state index is 5.34. The molecule has 1 aromatic carbocycles. The lowest BCUT2D eigenvalue weighted by Gasteiger charge is -2.26. The molecule has 0 atom stereocenters. The van der Waals surface area contributed by atoms with E-state index in [9.17, 15) is 0 Å². The van der Waals surface area contributed by atoms with Crippen molar-refractivity contribution in [1.29, 1.82) is 0 Å². The summed E-state index contributed by atoms with van der Waals surface area (Å²) in [6, 6.07) is 7.87. The Kier molecular flexibility index (Phi) is 5.73. The van der Waals surface area contributed by atoms with E-state index in [2.05, 4.69) is 46.6 Å². The van der Waals surface area contributed by atoms with Crippen molar-refractivity contribution in [3.63, 3.8) is 0 Å². The van der Waals surface area contributed by atoms with Gasteiger partial charge < -0.3 is 15.4 Å². The van der Waals surface area contributed by atoms with Gasteiger partial charge in [0.2, 0.25) is 5.95 Å². The second kappa shape index (κ2) is 8.19. The monoisotopic (exact) mass is 378 g/mol. The zero-order chi connectivity index (χ0) is 15.9. The average molecular weight is 379 g/mol. The predicted molar refractivity (Wildman–Crippen MR) is 93.0 cm³/mol. The minimum Gasteiger partial charge on any atom is -0.379 e. The van der Waals surface area contributed by atoms with Crippen molar-refractivity contribution in [3.05, 3.63) is 34.9 Å². The van der Waals surface area contributed by atoms with Gasteiger partial charge in [0.1, 0.15) is 0 Å². The van der Waals surface area contributed by atoms with Gasteiger partial charge in [-0.3, -0.25) is 4.90 Å². The van der Waals surface area contributed by atoms with Gasteiger partial charge in [-0.15, -0.1) is 5.10 Å². The molecular weight excluding hydrogens is 360 g/mol. The van der Waals surface area contributed by atoms with Crippen LogP contribution in [-0.2, 0) is 4.74 Å². The van der Waals surface area contributed by atoms with E-state index >= 15 is 0 Å². The zero-order valence-electron chi connectivity index (χ0n) is 12.7. The fourth-order valence-electron chi connectivity index (χ4n) is 2.29. The number of nitrogens with zero attached hydrogens (tertiary/aromatic N) is 4. The van der Waals surface area contributed by atoms with Crippen LogP contribution in [-0.4, -0.2) is 59.5 Å². The smallest absolute Gasteiger partial charge is 0.244 e. The zero-order valence-corrected chi connectivity index (χ0v) is 14.3. The average Bonchev–Trinajstić information content (AvgIpc) is 2.58. The number of rotatable bonds is 6. The topological polar surface area (TPSA) is 75.2 Å². The highest BCUT2D eigenvalue weighted by molar-refractivity contribution is 9.10. The lowest BCUT2D eigenvalue weighted by molar-refractivity contribution is 0.0398. The van der Waals surface area contributed by atoms with Crippen LogP contribution < -0.4 is 10.6 Å². The number of halogens is 1. The third-order valence-electron chi connectivity index (χ3n) is 3.51. The second-order valence-corrected chi connectivity index (χ2v) is 6.01. The van der Waals surface area contributed by atoms with Crippen LogP contribution in [0.5, 0.6) is 0 Å². The van der Waals surface area contributed by atoms with Gasteiger partial charge in [-0.2, -0.15) is 10.1 Å². The van der Waals surface area contributed by atoms with Gasteiger partial charge in [0.05, 0.1) is 25.1 Å². The number of para-hydroxylation sites is 1. The summed E-state index contributed by atoms with van der Waals surface area (Å²) >= 11 is 3.50. The highest BCUT2D eigenvalue weighted by Crippen LogP contribution is 2.24. The molecule has 23 heavy (non-hydrogen) atoms. The van der Waals surface area contributed by atoms with E-state index in [1.807, 2.05) is 24.3 Å². The van der Waals surface area contributed by atoms with Crippen molar-refractivity contribution in [3.8, 4) is 0 Å². The standard InChI is InChI=1S/C15H19BrN6O/c16-12-3-1-2-4-13(12)19-14-11-18-21-15(20-14)17-5-6-22-7-9-23-10-8-22/h1-4,11H,5-10H2,(H2,17,19,20,21). The van der Waals surface area contributed by atoms with Gasteiger partial charge in [-0.1, -0.05) is 12.1 Å². The molecule has 1 aliphatic heterocycles. The Labute approximate surface area is 143 Å². The highest BCUT2D eigenvalue weighted by Gasteiger charge is 2.10. The summed E-state index contributed by atoms with van der Waals surface area (Å²) in [6.07, 6.45) is 1.60. The molecule has 0 radical (unpaired) electrons. The van der Waals surface area contributed by atoms with Crippen LogP contribution >= 0.6 is 15.9 Å². The van der Waals surface area contributed by atoms with Crippen molar-refractivity contribution < 1.29 is 4.74 Å². The van der Waals surface area contributed by atoms with Crippen molar-refractivity contribution in [2.75, 3.05) is 50.0 Å². The molecule has 0 spiro atoms. The maximum Gasteiger partial charge on any atom is 0.244 e. The molecule has 0 aliphatic carbocycles. The maximum atomic E-state index is 5.34. The summed E-state index contributed by atoms with van der Waals surface area (Å²) in [6.45, 7) is 5.29. The molecule has 0 saturated carbocycles. The summed E-state index contributed by atoms with van der Waals surface area (Å²) in [4.78, 5) is 6.79. The summed E-state index contributed by atoms with van der Waals surface area (Å²) < 4.78 is 6.31. The van der Waals surface area contributed by atoms with E-state index in [4.69, 9.17) is 4.74 Å². The van der Waals surface area contributed by atoms with Crippen LogP contribution in [0.25, 0.3) is 0 Å². The molecule has 0 unspecified atom stereocenters. The lowest BCUT2D eigenvalue weighted by atomic mass is 10.3. The first-order valence-electron chi connectivity index (χ1n) is 7.56. The van der Waals surface area contributed by atoms with E-state index in [1.54, 1.807) is 6.20 Å². The normalized spacial score (nSPS) is 15.3. The number of morpholine rings is 1. The van der Waals surface area contributed by atoms with Gasteiger partial charge in [0.25, 0.3) is 0 Å². The Morgan fingerprint density at radius 3 is 2.87 bits per heavy atom. The van der Waals surface area contributed by atoms with Crippen molar-refractivity contribution in [2.24, 2.45) is 0 Å².